The number of rotatable bonds is 10. The van der Waals surface area contributed by atoms with Crippen molar-refractivity contribution in [3.05, 3.63) is 12.2 Å². The van der Waals surface area contributed by atoms with Crippen molar-refractivity contribution in [2.75, 3.05) is 13.2 Å². The van der Waals surface area contributed by atoms with Gasteiger partial charge in [0.15, 0.2) is 0 Å². The van der Waals surface area contributed by atoms with Crippen molar-refractivity contribution in [1.82, 2.24) is 0 Å². The molecule has 0 unspecified atom stereocenters. The lowest BCUT2D eigenvalue weighted by atomic mass is 9.87. The summed E-state index contributed by atoms with van der Waals surface area (Å²) in [6.45, 7) is 6.35. The molecule has 0 spiro atoms. The maximum Gasteiger partial charge on any atom is 0.333 e. The molecule has 0 amide bonds. The van der Waals surface area contributed by atoms with Crippen LogP contribution in [0.2, 0.25) is 0 Å². The van der Waals surface area contributed by atoms with Gasteiger partial charge in [-0.1, -0.05) is 13.0 Å². The highest BCUT2D eigenvalue weighted by Crippen LogP contribution is 2.26. The van der Waals surface area contributed by atoms with Gasteiger partial charge < -0.3 is 14.6 Å². The number of carbonyl (C=O) groups is 2. The first-order chi connectivity index (χ1) is 10.5. The first-order valence-electron chi connectivity index (χ1n) is 8.17. The number of ether oxygens (including phenoxy) is 2. The minimum Gasteiger partial charge on any atom is -0.481 e. The van der Waals surface area contributed by atoms with Crippen molar-refractivity contribution in [2.24, 2.45) is 5.92 Å². The Morgan fingerprint density at radius 2 is 1.64 bits per heavy atom. The highest BCUT2D eigenvalue weighted by molar-refractivity contribution is 5.86. The summed E-state index contributed by atoms with van der Waals surface area (Å²) in [5.41, 5.74) is 0.436. The van der Waals surface area contributed by atoms with E-state index in [1.807, 2.05) is 0 Å². The van der Waals surface area contributed by atoms with Gasteiger partial charge in [0, 0.05) is 12.2 Å². The fourth-order valence-corrected chi connectivity index (χ4v) is 2.57. The van der Waals surface area contributed by atoms with E-state index in [1.165, 1.54) is 0 Å². The fourth-order valence-electron chi connectivity index (χ4n) is 2.57. The Hall–Kier alpha value is -1.36. The smallest absolute Gasteiger partial charge is 0.333 e. The number of carboxylic acids is 1. The predicted octanol–water partition coefficient (Wildman–Crippen LogP) is 3.33. The lowest BCUT2D eigenvalue weighted by Gasteiger charge is -2.26. The van der Waals surface area contributed by atoms with Crippen LogP contribution in [0.15, 0.2) is 12.2 Å². The van der Waals surface area contributed by atoms with Crippen molar-refractivity contribution < 1.29 is 24.2 Å². The highest BCUT2D eigenvalue weighted by Gasteiger charge is 2.25. The van der Waals surface area contributed by atoms with Crippen LogP contribution in [0, 0.1) is 5.92 Å². The van der Waals surface area contributed by atoms with Crippen LogP contribution >= 0.6 is 0 Å². The van der Waals surface area contributed by atoms with Gasteiger partial charge in [-0.3, -0.25) is 4.79 Å². The molecular weight excluding hydrogens is 284 g/mol. The normalized spacial score (nSPS) is 21.3. The standard InChI is InChI=1S/C17H28O5/c1-13(2)17(20)22-12-6-4-3-5-11-21-15-9-7-14(8-10-15)16(18)19/h14-15H,1,3-12H2,2H3,(H,18,19)/t14-,15-. The molecule has 0 radical (unpaired) electrons. The zero-order valence-electron chi connectivity index (χ0n) is 13.5. The average Bonchev–Trinajstić information content (AvgIpc) is 2.50. The van der Waals surface area contributed by atoms with Gasteiger partial charge in [0.05, 0.1) is 18.6 Å². The molecule has 1 fully saturated rings. The molecule has 5 heteroatoms. The van der Waals surface area contributed by atoms with Crippen LogP contribution < -0.4 is 0 Å². The van der Waals surface area contributed by atoms with Crippen molar-refractivity contribution in [2.45, 2.75) is 64.4 Å². The summed E-state index contributed by atoms with van der Waals surface area (Å²) in [5, 5.41) is 8.93. The van der Waals surface area contributed by atoms with Crippen LogP contribution in [-0.2, 0) is 19.1 Å². The summed E-state index contributed by atoms with van der Waals surface area (Å²) in [6.07, 6.45) is 7.32. The van der Waals surface area contributed by atoms with Crippen LogP contribution in [0.4, 0.5) is 0 Å². The Kier molecular flexibility index (Phi) is 8.82. The number of unbranched alkanes of at least 4 members (excludes halogenated alkanes) is 3. The molecule has 0 heterocycles. The first kappa shape index (κ1) is 18.7. The van der Waals surface area contributed by atoms with Gasteiger partial charge in [-0.15, -0.1) is 0 Å². The van der Waals surface area contributed by atoms with E-state index < -0.39 is 5.97 Å². The van der Waals surface area contributed by atoms with Crippen molar-refractivity contribution >= 4 is 11.9 Å². The van der Waals surface area contributed by atoms with Gasteiger partial charge in [0.1, 0.15) is 0 Å². The molecule has 1 saturated carbocycles. The Morgan fingerprint density at radius 1 is 1.05 bits per heavy atom. The Morgan fingerprint density at radius 3 is 2.18 bits per heavy atom. The molecule has 1 rings (SSSR count). The summed E-state index contributed by atoms with van der Waals surface area (Å²) in [7, 11) is 0. The quantitative estimate of drug-likeness (QED) is 0.380. The molecule has 22 heavy (non-hydrogen) atoms. The summed E-state index contributed by atoms with van der Waals surface area (Å²) < 4.78 is 10.8. The van der Waals surface area contributed by atoms with E-state index in [2.05, 4.69) is 6.58 Å². The van der Waals surface area contributed by atoms with Crippen molar-refractivity contribution in [3.63, 3.8) is 0 Å². The molecular formula is C17H28O5. The number of hydrogen-bond donors (Lipinski definition) is 1. The van der Waals surface area contributed by atoms with Gasteiger partial charge in [-0.2, -0.15) is 0 Å². The molecule has 0 saturated heterocycles. The Bertz CT molecular complexity index is 369. The van der Waals surface area contributed by atoms with Gasteiger partial charge in [0.25, 0.3) is 0 Å². The summed E-state index contributed by atoms with van der Waals surface area (Å²) in [4.78, 5) is 22.0. The van der Waals surface area contributed by atoms with Crippen LogP contribution in [0.1, 0.15) is 58.3 Å². The van der Waals surface area contributed by atoms with Crippen molar-refractivity contribution in [1.29, 1.82) is 0 Å². The molecule has 1 N–H and O–H groups in total. The van der Waals surface area contributed by atoms with Gasteiger partial charge in [0.2, 0.25) is 0 Å². The number of carbonyl (C=O) groups excluding carboxylic acids is 1. The number of hydrogen-bond acceptors (Lipinski definition) is 4. The highest BCUT2D eigenvalue weighted by atomic mass is 16.5. The molecule has 1 aliphatic rings. The third kappa shape index (κ3) is 7.59. The van der Waals surface area contributed by atoms with E-state index in [1.54, 1.807) is 6.92 Å². The zero-order chi connectivity index (χ0) is 16.4. The summed E-state index contributed by atoms with van der Waals surface area (Å²) in [6, 6.07) is 0. The second kappa shape index (κ2) is 10.4. The van der Waals surface area contributed by atoms with Crippen molar-refractivity contribution in [3.8, 4) is 0 Å². The topological polar surface area (TPSA) is 72.8 Å². The minimum absolute atomic E-state index is 0.179. The molecule has 1 aliphatic carbocycles. The maximum absolute atomic E-state index is 11.1. The second-order valence-electron chi connectivity index (χ2n) is 6.01. The third-order valence-electron chi connectivity index (χ3n) is 4.00. The maximum atomic E-state index is 11.1. The third-order valence-corrected chi connectivity index (χ3v) is 4.00. The number of esters is 1. The number of carboxylic acid groups (broad SMARTS) is 1. The molecule has 0 aromatic rings. The molecule has 126 valence electrons. The minimum atomic E-state index is -0.675. The first-order valence-corrected chi connectivity index (χ1v) is 8.17. The fraction of sp³-hybridized carbons (Fsp3) is 0.765. The average molecular weight is 312 g/mol. The molecule has 0 aromatic heterocycles. The van der Waals surface area contributed by atoms with E-state index in [0.717, 1.165) is 58.0 Å². The van der Waals surface area contributed by atoms with Gasteiger partial charge >= 0.3 is 11.9 Å². The largest absolute Gasteiger partial charge is 0.481 e. The Labute approximate surface area is 132 Å². The summed E-state index contributed by atoms with van der Waals surface area (Å²) in [5.74, 6) is -1.17. The summed E-state index contributed by atoms with van der Waals surface area (Å²) >= 11 is 0. The monoisotopic (exact) mass is 312 g/mol. The second-order valence-corrected chi connectivity index (χ2v) is 6.01. The molecule has 0 atom stereocenters. The zero-order valence-corrected chi connectivity index (χ0v) is 13.5. The van der Waals surface area contributed by atoms with E-state index in [9.17, 15) is 9.59 Å². The van der Waals surface area contributed by atoms with Crippen LogP contribution in [0.3, 0.4) is 0 Å². The SMILES string of the molecule is C=C(C)C(=O)OCCCCCCO[C@H]1CC[C@H](C(=O)O)CC1. The number of aliphatic carboxylic acids is 1. The van der Waals surface area contributed by atoms with Gasteiger partial charge in [-0.25, -0.2) is 4.79 Å². The molecule has 0 aromatic carbocycles. The van der Waals surface area contributed by atoms with E-state index in [4.69, 9.17) is 14.6 Å². The lowest BCUT2D eigenvalue weighted by Crippen LogP contribution is -2.26. The van der Waals surface area contributed by atoms with E-state index in [0.29, 0.717) is 12.2 Å². The van der Waals surface area contributed by atoms with Gasteiger partial charge in [-0.05, 0) is 51.9 Å². The molecule has 5 nitrogen and oxygen atoms in total. The van der Waals surface area contributed by atoms with Crippen LogP contribution in [0.25, 0.3) is 0 Å². The molecule has 0 aliphatic heterocycles. The lowest BCUT2D eigenvalue weighted by molar-refractivity contribution is -0.144. The Balaban J connectivity index is 1.91. The van der Waals surface area contributed by atoms with Crippen LogP contribution in [-0.4, -0.2) is 36.4 Å². The van der Waals surface area contributed by atoms with E-state index in [-0.39, 0.29) is 18.0 Å². The van der Waals surface area contributed by atoms with Crippen LogP contribution in [0.5, 0.6) is 0 Å². The molecule has 0 bridgehead atoms. The van der Waals surface area contributed by atoms with E-state index >= 15 is 0 Å². The predicted molar refractivity (Wildman–Crippen MR) is 83.6 cm³/mol.